The number of thioether (sulfide) groups is 1. The van der Waals surface area contributed by atoms with Crippen molar-refractivity contribution in [1.29, 1.82) is 0 Å². The first kappa shape index (κ1) is 18.4. The molecule has 28 heavy (non-hydrogen) atoms. The number of fused-ring (bicyclic) bond motifs is 3. The van der Waals surface area contributed by atoms with Gasteiger partial charge in [-0.2, -0.15) is 0 Å². The smallest absolute Gasteiger partial charge is 0.259 e. The molecule has 3 aromatic heterocycles. The number of nitrogens with zero attached hydrogens (tertiary/aromatic N) is 4. The lowest BCUT2D eigenvalue weighted by Crippen LogP contribution is -2.15. The van der Waals surface area contributed by atoms with Crippen molar-refractivity contribution < 1.29 is 0 Å². The number of hydrogen-bond acceptors (Lipinski definition) is 6. The first-order valence-electron chi connectivity index (χ1n) is 10.2. The quantitative estimate of drug-likeness (QED) is 0.623. The standard InChI is InChI=1S/C20H25N5OS2/c1-4-25-17(12-6-7-12)23-24-20(25)27-11(3)16-21-18(26)15-13-8-5-10(2)9-14(13)28-19(15)22-16/h10-12H,4-9H2,1-3H3,(H,21,22,26)/t10-,11-/m1/s1. The van der Waals surface area contributed by atoms with Crippen LogP contribution in [-0.2, 0) is 19.4 Å². The molecule has 2 atom stereocenters. The van der Waals surface area contributed by atoms with Crippen molar-refractivity contribution in [3.63, 3.8) is 0 Å². The Kier molecular flexibility index (Phi) is 4.58. The fraction of sp³-hybridized carbons (Fsp3) is 0.600. The number of aryl methyl sites for hydroxylation is 1. The van der Waals surface area contributed by atoms with Crippen LogP contribution < -0.4 is 5.56 Å². The Morgan fingerprint density at radius 1 is 1.32 bits per heavy atom. The second-order valence-corrected chi connectivity index (χ2v) is 10.5. The van der Waals surface area contributed by atoms with Crippen molar-refractivity contribution >= 4 is 33.3 Å². The Bertz CT molecular complexity index is 1090. The third-order valence-corrected chi connectivity index (χ3v) is 8.09. The highest BCUT2D eigenvalue weighted by Crippen LogP contribution is 2.42. The van der Waals surface area contributed by atoms with Gasteiger partial charge in [0.1, 0.15) is 16.5 Å². The van der Waals surface area contributed by atoms with E-state index in [1.807, 2.05) is 0 Å². The van der Waals surface area contributed by atoms with Gasteiger partial charge in [-0.15, -0.1) is 21.5 Å². The van der Waals surface area contributed by atoms with Gasteiger partial charge in [0.2, 0.25) is 0 Å². The van der Waals surface area contributed by atoms with Crippen LogP contribution in [0, 0.1) is 5.92 Å². The van der Waals surface area contributed by atoms with Crippen LogP contribution in [0.15, 0.2) is 9.95 Å². The Balaban J connectivity index is 1.47. The summed E-state index contributed by atoms with van der Waals surface area (Å²) in [7, 11) is 0. The Morgan fingerprint density at radius 2 is 2.14 bits per heavy atom. The molecule has 0 saturated heterocycles. The van der Waals surface area contributed by atoms with E-state index in [9.17, 15) is 4.79 Å². The average Bonchev–Trinajstić information content (AvgIpc) is 3.33. The molecular formula is C20H25N5OS2. The van der Waals surface area contributed by atoms with E-state index in [-0.39, 0.29) is 10.8 Å². The molecule has 148 valence electrons. The third kappa shape index (κ3) is 3.10. The molecule has 2 aliphatic rings. The van der Waals surface area contributed by atoms with Crippen molar-refractivity contribution in [2.24, 2.45) is 5.92 Å². The molecule has 3 heterocycles. The molecule has 1 saturated carbocycles. The van der Waals surface area contributed by atoms with Crippen LogP contribution >= 0.6 is 23.1 Å². The molecule has 0 unspecified atom stereocenters. The summed E-state index contributed by atoms with van der Waals surface area (Å²) >= 11 is 3.33. The molecule has 3 aromatic rings. The summed E-state index contributed by atoms with van der Waals surface area (Å²) < 4.78 is 2.21. The van der Waals surface area contributed by atoms with Gasteiger partial charge in [0.25, 0.3) is 5.56 Å². The zero-order valence-corrected chi connectivity index (χ0v) is 18.1. The van der Waals surface area contributed by atoms with E-state index in [0.717, 1.165) is 52.8 Å². The van der Waals surface area contributed by atoms with E-state index in [0.29, 0.717) is 11.8 Å². The highest BCUT2D eigenvalue weighted by molar-refractivity contribution is 7.99. The Labute approximate surface area is 172 Å². The lowest BCUT2D eigenvalue weighted by Gasteiger charge is -2.17. The van der Waals surface area contributed by atoms with E-state index in [1.165, 1.54) is 23.3 Å². The van der Waals surface area contributed by atoms with E-state index in [1.54, 1.807) is 23.1 Å². The van der Waals surface area contributed by atoms with Crippen LogP contribution in [0.2, 0.25) is 0 Å². The average molecular weight is 416 g/mol. The molecule has 0 radical (unpaired) electrons. The van der Waals surface area contributed by atoms with Gasteiger partial charge >= 0.3 is 0 Å². The number of aromatic amines is 1. The summed E-state index contributed by atoms with van der Waals surface area (Å²) in [6, 6.07) is 0. The number of hydrogen-bond donors (Lipinski definition) is 1. The normalized spacial score (nSPS) is 20.5. The summed E-state index contributed by atoms with van der Waals surface area (Å²) in [5.41, 5.74) is 1.24. The van der Waals surface area contributed by atoms with Crippen molar-refractivity contribution in [2.45, 2.75) is 75.7 Å². The van der Waals surface area contributed by atoms with Crippen LogP contribution in [0.4, 0.5) is 0 Å². The lowest BCUT2D eigenvalue weighted by atomic mass is 9.89. The zero-order valence-electron chi connectivity index (χ0n) is 16.5. The molecule has 2 aliphatic carbocycles. The first-order chi connectivity index (χ1) is 13.5. The topological polar surface area (TPSA) is 76.5 Å². The van der Waals surface area contributed by atoms with Gasteiger partial charge < -0.3 is 9.55 Å². The Hall–Kier alpha value is -1.67. The van der Waals surface area contributed by atoms with Gasteiger partial charge in [-0.25, -0.2) is 4.98 Å². The number of aromatic nitrogens is 5. The maximum absolute atomic E-state index is 12.9. The first-order valence-corrected chi connectivity index (χ1v) is 11.9. The summed E-state index contributed by atoms with van der Waals surface area (Å²) in [6.45, 7) is 7.37. The van der Waals surface area contributed by atoms with Crippen molar-refractivity contribution in [3.05, 3.63) is 32.4 Å². The third-order valence-electron chi connectivity index (χ3n) is 5.86. The molecule has 1 fully saturated rings. The summed E-state index contributed by atoms with van der Waals surface area (Å²) in [5.74, 6) is 3.10. The van der Waals surface area contributed by atoms with Crippen LogP contribution in [0.5, 0.6) is 0 Å². The largest absolute Gasteiger partial charge is 0.309 e. The van der Waals surface area contributed by atoms with Crippen LogP contribution in [-0.4, -0.2) is 24.7 Å². The van der Waals surface area contributed by atoms with Gasteiger partial charge in [-0.1, -0.05) is 18.7 Å². The maximum Gasteiger partial charge on any atom is 0.259 e. The molecule has 0 aromatic carbocycles. The number of rotatable bonds is 5. The van der Waals surface area contributed by atoms with Crippen LogP contribution in [0.25, 0.3) is 10.2 Å². The minimum absolute atomic E-state index is 0.00938. The molecule has 0 amide bonds. The van der Waals surface area contributed by atoms with Gasteiger partial charge in [-0.3, -0.25) is 4.79 Å². The SMILES string of the molecule is CCn1c(S[C@H](C)c2nc3sc4c(c3c(=O)[nH]2)CC[C@@H](C)C4)nnc1C1CC1. The second-order valence-electron chi connectivity index (χ2n) is 8.10. The molecule has 0 spiro atoms. The molecule has 0 aliphatic heterocycles. The monoisotopic (exact) mass is 415 g/mol. The summed E-state index contributed by atoms with van der Waals surface area (Å²) in [4.78, 5) is 23.0. The molecule has 0 bridgehead atoms. The van der Waals surface area contributed by atoms with E-state index in [2.05, 4.69) is 40.5 Å². The fourth-order valence-electron chi connectivity index (χ4n) is 4.10. The maximum atomic E-state index is 12.9. The minimum Gasteiger partial charge on any atom is -0.309 e. The van der Waals surface area contributed by atoms with Gasteiger partial charge in [0.15, 0.2) is 5.16 Å². The van der Waals surface area contributed by atoms with Crippen molar-refractivity contribution in [2.75, 3.05) is 0 Å². The highest BCUT2D eigenvalue weighted by Gasteiger charge is 2.31. The fourth-order valence-corrected chi connectivity index (χ4v) is 6.47. The van der Waals surface area contributed by atoms with E-state index >= 15 is 0 Å². The van der Waals surface area contributed by atoms with E-state index < -0.39 is 0 Å². The lowest BCUT2D eigenvalue weighted by molar-refractivity contribution is 0.509. The predicted octanol–water partition coefficient (Wildman–Crippen LogP) is 4.45. The number of H-pyrrole nitrogens is 1. The van der Waals surface area contributed by atoms with Gasteiger partial charge in [0, 0.05) is 17.3 Å². The minimum atomic E-state index is 0.00938. The van der Waals surface area contributed by atoms with Crippen LogP contribution in [0.1, 0.15) is 73.3 Å². The number of thiophene rings is 1. The molecule has 5 rings (SSSR count). The van der Waals surface area contributed by atoms with Crippen molar-refractivity contribution in [3.8, 4) is 0 Å². The zero-order chi connectivity index (χ0) is 19.4. The predicted molar refractivity (Wildman–Crippen MR) is 113 cm³/mol. The Morgan fingerprint density at radius 3 is 2.89 bits per heavy atom. The molecule has 1 N–H and O–H groups in total. The summed E-state index contributed by atoms with van der Waals surface area (Å²) in [6.07, 6.45) is 5.65. The van der Waals surface area contributed by atoms with Crippen molar-refractivity contribution in [1.82, 2.24) is 24.7 Å². The van der Waals surface area contributed by atoms with Crippen LogP contribution in [0.3, 0.4) is 0 Å². The number of nitrogens with one attached hydrogen (secondary N) is 1. The van der Waals surface area contributed by atoms with Gasteiger partial charge in [-0.05, 0) is 57.4 Å². The second kappa shape index (κ2) is 6.99. The van der Waals surface area contributed by atoms with Gasteiger partial charge in [0.05, 0.1) is 10.6 Å². The summed E-state index contributed by atoms with van der Waals surface area (Å²) in [5, 5.41) is 10.6. The molecular weight excluding hydrogens is 390 g/mol. The molecule has 6 nitrogen and oxygen atoms in total. The molecule has 8 heteroatoms. The highest BCUT2D eigenvalue weighted by atomic mass is 32.2. The van der Waals surface area contributed by atoms with E-state index in [4.69, 9.17) is 4.98 Å².